The molecule has 0 unspecified atom stereocenters. The molecule has 3 rings (SSSR count). The third-order valence-electron chi connectivity index (χ3n) is 4.44. The largest absolute Gasteiger partial charge is 0.364 e. The Bertz CT molecular complexity index is 662. The Balaban J connectivity index is 0.00000243. The Kier molecular flexibility index (Phi) is 8.36. The average molecular weight is 473 g/mol. The second-order valence-electron chi connectivity index (χ2n) is 6.35. The zero-order chi connectivity index (χ0) is 17.5. The summed E-state index contributed by atoms with van der Waals surface area (Å²) in [7, 11) is 3.80. The quantitative estimate of drug-likeness (QED) is 0.296. The van der Waals surface area contributed by atoms with Crippen LogP contribution in [0, 0.1) is 0 Å². The molecule has 2 aromatic heterocycles. The Morgan fingerprint density at radius 1 is 1.31 bits per heavy atom. The van der Waals surface area contributed by atoms with Gasteiger partial charge in [-0.1, -0.05) is 5.16 Å². The second kappa shape index (κ2) is 10.5. The highest BCUT2D eigenvalue weighted by Crippen LogP contribution is 2.07. The van der Waals surface area contributed by atoms with E-state index in [0.29, 0.717) is 0 Å². The SMILES string of the molecule is CN=C(NCCCc1cnn(C)c1)N1CCN(Cc2ccon2)CC1.I. The third-order valence-corrected chi connectivity index (χ3v) is 4.44. The number of nitrogens with zero attached hydrogens (tertiary/aromatic N) is 6. The molecule has 1 aliphatic heterocycles. The summed E-state index contributed by atoms with van der Waals surface area (Å²) < 4.78 is 6.75. The lowest BCUT2D eigenvalue weighted by atomic mass is 10.2. The van der Waals surface area contributed by atoms with Crippen LogP contribution in [0.15, 0.2) is 34.2 Å². The van der Waals surface area contributed by atoms with Gasteiger partial charge in [-0.25, -0.2) is 0 Å². The van der Waals surface area contributed by atoms with Crippen LogP contribution in [-0.2, 0) is 20.0 Å². The van der Waals surface area contributed by atoms with Crippen LogP contribution in [0.5, 0.6) is 0 Å². The van der Waals surface area contributed by atoms with Crippen molar-refractivity contribution in [1.29, 1.82) is 0 Å². The number of hydrogen-bond acceptors (Lipinski definition) is 5. The molecule has 26 heavy (non-hydrogen) atoms. The smallest absolute Gasteiger partial charge is 0.193 e. The number of guanidine groups is 1. The van der Waals surface area contributed by atoms with E-state index in [1.54, 1.807) is 6.26 Å². The van der Waals surface area contributed by atoms with Crippen molar-refractivity contribution in [1.82, 2.24) is 30.1 Å². The van der Waals surface area contributed by atoms with E-state index in [4.69, 9.17) is 4.52 Å². The summed E-state index contributed by atoms with van der Waals surface area (Å²) in [4.78, 5) is 9.15. The number of aryl methyl sites for hydroxylation is 2. The van der Waals surface area contributed by atoms with Crippen molar-refractivity contribution in [3.05, 3.63) is 36.0 Å². The van der Waals surface area contributed by atoms with Crippen molar-refractivity contribution >= 4 is 29.9 Å². The van der Waals surface area contributed by atoms with E-state index in [0.717, 1.165) is 63.8 Å². The van der Waals surface area contributed by atoms with Gasteiger partial charge in [-0.3, -0.25) is 14.6 Å². The first kappa shape index (κ1) is 20.7. The van der Waals surface area contributed by atoms with E-state index in [-0.39, 0.29) is 24.0 Å². The number of rotatable bonds is 6. The molecule has 9 heteroatoms. The highest BCUT2D eigenvalue weighted by molar-refractivity contribution is 14.0. The number of aromatic nitrogens is 3. The Labute approximate surface area is 171 Å². The fourth-order valence-corrected chi connectivity index (χ4v) is 3.09. The molecule has 1 N–H and O–H groups in total. The summed E-state index contributed by atoms with van der Waals surface area (Å²) in [5, 5.41) is 11.7. The molecule has 1 aliphatic rings. The molecule has 0 saturated carbocycles. The van der Waals surface area contributed by atoms with Crippen LogP contribution >= 0.6 is 24.0 Å². The number of hydrogen-bond donors (Lipinski definition) is 1. The van der Waals surface area contributed by atoms with Gasteiger partial charge in [-0.2, -0.15) is 5.10 Å². The minimum Gasteiger partial charge on any atom is -0.364 e. The molecular weight excluding hydrogens is 445 g/mol. The van der Waals surface area contributed by atoms with Crippen molar-refractivity contribution in [2.75, 3.05) is 39.8 Å². The van der Waals surface area contributed by atoms with Crippen molar-refractivity contribution in [3.63, 3.8) is 0 Å². The maximum atomic E-state index is 4.90. The van der Waals surface area contributed by atoms with Gasteiger partial charge in [-0.15, -0.1) is 24.0 Å². The second-order valence-corrected chi connectivity index (χ2v) is 6.35. The standard InChI is InChI=1S/C17H27N7O.HI/c1-18-17(19-6-3-4-15-12-20-22(2)13-15)24-9-7-23(8-10-24)14-16-5-11-25-21-16;/h5,11-13H,3-4,6-10,14H2,1-2H3,(H,18,19);1H. The third kappa shape index (κ3) is 5.97. The predicted molar refractivity (Wildman–Crippen MR) is 112 cm³/mol. The van der Waals surface area contributed by atoms with Gasteiger partial charge in [0.2, 0.25) is 0 Å². The van der Waals surface area contributed by atoms with Gasteiger partial charge in [0, 0.05) is 65.6 Å². The Hall–Kier alpha value is -1.62. The molecule has 0 aliphatic carbocycles. The van der Waals surface area contributed by atoms with Crippen LogP contribution in [0.25, 0.3) is 0 Å². The van der Waals surface area contributed by atoms with Crippen LogP contribution in [-0.4, -0.2) is 70.5 Å². The molecule has 1 saturated heterocycles. The summed E-state index contributed by atoms with van der Waals surface area (Å²) >= 11 is 0. The van der Waals surface area contributed by atoms with Crippen molar-refractivity contribution in [2.24, 2.45) is 12.0 Å². The summed E-state index contributed by atoms with van der Waals surface area (Å²) in [6, 6.07) is 1.93. The Morgan fingerprint density at radius 3 is 2.73 bits per heavy atom. The highest BCUT2D eigenvalue weighted by Gasteiger charge is 2.20. The Morgan fingerprint density at radius 2 is 2.12 bits per heavy atom. The normalized spacial score (nSPS) is 15.8. The summed E-state index contributed by atoms with van der Waals surface area (Å²) in [5.74, 6) is 0.993. The zero-order valence-electron chi connectivity index (χ0n) is 15.5. The van der Waals surface area contributed by atoms with Crippen LogP contribution < -0.4 is 5.32 Å². The minimum atomic E-state index is 0. The lowest BCUT2D eigenvalue weighted by Gasteiger charge is -2.36. The first-order valence-corrected chi connectivity index (χ1v) is 8.79. The van der Waals surface area contributed by atoms with E-state index >= 15 is 0 Å². The van der Waals surface area contributed by atoms with E-state index in [9.17, 15) is 0 Å². The van der Waals surface area contributed by atoms with Gasteiger partial charge in [0.1, 0.15) is 6.26 Å². The average Bonchev–Trinajstić information content (AvgIpc) is 3.28. The number of piperazine rings is 1. The highest BCUT2D eigenvalue weighted by atomic mass is 127. The molecule has 144 valence electrons. The lowest BCUT2D eigenvalue weighted by Crippen LogP contribution is -2.52. The summed E-state index contributed by atoms with van der Waals surface area (Å²) in [6.45, 7) is 5.72. The number of halogens is 1. The summed E-state index contributed by atoms with van der Waals surface area (Å²) in [5.41, 5.74) is 2.27. The van der Waals surface area contributed by atoms with Crippen molar-refractivity contribution in [3.8, 4) is 0 Å². The molecule has 8 nitrogen and oxygen atoms in total. The molecule has 0 atom stereocenters. The van der Waals surface area contributed by atoms with E-state index in [2.05, 4.69) is 36.6 Å². The van der Waals surface area contributed by atoms with Crippen LogP contribution in [0.3, 0.4) is 0 Å². The number of nitrogens with one attached hydrogen (secondary N) is 1. The van der Waals surface area contributed by atoms with Crippen LogP contribution in [0.1, 0.15) is 17.7 Å². The van der Waals surface area contributed by atoms with Gasteiger partial charge >= 0.3 is 0 Å². The summed E-state index contributed by atoms with van der Waals surface area (Å²) in [6.07, 6.45) is 7.73. The van der Waals surface area contributed by atoms with E-state index in [1.165, 1.54) is 5.56 Å². The van der Waals surface area contributed by atoms with Gasteiger partial charge in [0.15, 0.2) is 5.96 Å². The molecule has 0 radical (unpaired) electrons. The van der Waals surface area contributed by atoms with Gasteiger partial charge < -0.3 is 14.7 Å². The first-order chi connectivity index (χ1) is 12.2. The molecule has 1 fully saturated rings. The molecule has 3 heterocycles. The van der Waals surface area contributed by atoms with Crippen molar-refractivity contribution in [2.45, 2.75) is 19.4 Å². The molecule has 0 aromatic carbocycles. The topological polar surface area (TPSA) is 74.7 Å². The maximum absolute atomic E-state index is 4.90. The molecule has 2 aromatic rings. The van der Waals surface area contributed by atoms with Gasteiger partial charge in [0.25, 0.3) is 0 Å². The molecule has 0 spiro atoms. The van der Waals surface area contributed by atoms with Crippen molar-refractivity contribution < 1.29 is 4.52 Å². The van der Waals surface area contributed by atoms with Gasteiger partial charge in [-0.05, 0) is 18.4 Å². The zero-order valence-corrected chi connectivity index (χ0v) is 17.8. The maximum Gasteiger partial charge on any atom is 0.193 e. The monoisotopic (exact) mass is 473 g/mol. The van der Waals surface area contributed by atoms with E-state index < -0.39 is 0 Å². The van der Waals surface area contributed by atoms with E-state index in [1.807, 2.05) is 31.0 Å². The van der Waals surface area contributed by atoms with Crippen LogP contribution in [0.2, 0.25) is 0 Å². The number of aliphatic imine (C=N–C) groups is 1. The van der Waals surface area contributed by atoms with Gasteiger partial charge in [0.05, 0.1) is 11.9 Å². The minimum absolute atomic E-state index is 0. The van der Waals surface area contributed by atoms with Crippen LogP contribution in [0.4, 0.5) is 0 Å². The lowest BCUT2D eigenvalue weighted by molar-refractivity contribution is 0.169. The molecular formula is C17H28IN7O. The first-order valence-electron chi connectivity index (χ1n) is 8.79. The molecule has 0 bridgehead atoms. The fourth-order valence-electron chi connectivity index (χ4n) is 3.09. The predicted octanol–water partition coefficient (Wildman–Crippen LogP) is 1.35. The fraction of sp³-hybridized carbons (Fsp3) is 0.588. The molecule has 0 amide bonds.